The Labute approximate surface area is 192 Å². The SMILES string of the molecule is c1cc(CN2CCNCC2)cc(Cc2nc3ccc(-c4nnc(CC5CCC5)o4)cc3[nH]2)n1. The van der Waals surface area contributed by atoms with Crippen molar-refractivity contribution in [2.24, 2.45) is 5.92 Å². The highest BCUT2D eigenvalue weighted by Crippen LogP contribution is 2.30. The second-order valence-corrected chi connectivity index (χ2v) is 9.28. The standard InChI is InChI=1S/C25H29N7O/c1-2-17(3-1)13-24-30-31-25(33-24)19-4-5-21-22(14-19)29-23(28-21)15-20-12-18(6-7-27-20)16-32-10-8-26-9-11-32/h4-7,12,14,17,26H,1-3,8-11,13,15-16H2,(H,28,29). The second kappa shape index (κ2) is 9.03. The van der Waals surface area contributed by atoms with E-state index in [0.29, 0.717) is 18.2 Å². The Bertz CT molecular complexity index is 1240. The van der Waals surface area contributed by atoms with Crippen LogP contribution in [0.4, 0.5) is 0 Å². The van der Waals surface area contributed by atoms with Crippen LogP contribution >= 0.6 is 0 Å². The fraction of sp³-hybridized carbons (Fsp3) is 0.440. The number of H-pyrrole nitrogens is 1. The fourth-order valence-electron chi connectivity index (χ4n) is 4.70. The summed E-state index contributed by atoms with van der Waals surface area (Å²) in [6.07, 6.45) is 7.34. The molecule has 2 fully saturated rings. The highest BCUT2D eigenvalue weighted by Gasteiger charge is 2.21. The van der Waals surface area contributed by atoms with Crippen molar-refractivity contribution >= 4 is 11.0 Å². The Morgan fingerprint density at radius 2 is 1.97 bits per heavy atom. The number of hydrogen-bond donors (Lipinski definition) is 2. The van der Waals surface area contributed by atoms with E-state index in [4.69, 9.17) is 9.40 Å². The first-order valence-electron chi connectivity index (χ1n) is 12.0. The second-order valence-electron chi connectivity index (χ2n) is 9.28. The van der Waals surface area contributed by atoms with Gasteiger partial charge in [0, 0.05) is 63.0 Å². The highest BCUT2D eigenvalue weighted by atomic mass is 16.4. The molecule has 0 bridgehead atoms. The van der Waals surface area contributed by atoms with Gasteiger partial charge in [0.15, 0.2) is 0 Å². The Morgan fingerprint density at radius 1 is 1.06 bits per heavy atom. The van der Waals surface area contributed by atoms with Crippen LogP contribution in [0, 0.1) is 5.92 Å². The topological polar surface area (TPSA) is 95.8 Å². The molecule has 33 heavy (non-hydrogen) atoms. The zero-order chi connectivity index (χ0) is 22.0. The van der Waals surface area contributed by atoms with Gasteiger partial charge in [-0.2, -0.15) is 0 Å². The number of rotatable bonds is 7. The van der Waals surface area contributed by atoms with Crippen molar-refractivity contribution < 1.29 is 4.42 Å². The van der Waals surface area contributed by atoms with E-state index >= 15 is 0 Å². The molecule has 2 aliphatic rings. The summed E-state index contributed by atoms with van der Waals surface area (Å²) in [5.41, 5.74) is 5.15. The Balaban J connectivity index is 1.16. The molecule has 8 nitrogen and oxygen atoms in total. The Kier molecular flexibility index (Phi) is 5.61. The summed E-state index contributed by atoms with van der Waals surface area (Å²) in [5, 5.41) is 11.9. The van der Waals surface area contributed by atoms with Crippen LogP contribution in [-0.2, 0) is 19.4 Å². The smallest absolute Gasteiger partial charge is 0.247 e. The number of pyridine rings is 1. The summed E-state index contributed by atoms with van der Waals surface area (Å²) in [4.78, 5) is 15.3. The zero-order valence-electron chi connectivity index (χ0n) is 18.8. The number of aromatic amines is 1. The van der Waals surface area contributed by atoms with Crippen LogP contribution in [0.25, 0.3) is 22.5 Å². The molecule has 1 saturated carbocycles. The summed E-state index contributed by atoms with van der Waals surface area (Å²) in [6, 6.07) is 10.4. The molecule has 0 radical (unpaired) electrons. The molecule has 6 rings (SSSR count). The van der Waals surface area contributed by atoms with Crippen molar-refractivity contribution in [2.75, 3.05) is 26.2 Å². The van der Waals surface area contributed by atoms with Gasteiger partial charge in [-0.1, -0.05) is 6.42 Å². The van der Waals surface area contributed by atoms with Crippen LogP contribution in [-0.4, -0.2) is 56.2 Å². The minimum Gasteiger partial charge on any atom is -0.421 e. The maximum atomic E-state index is 5.93. The molecule has 1 aliphatic carbocycles. The largest absolute Gasteiger partial charge is 0.421 e. The van der Waals surface area contributed by atoms with Gasteiger partial charge in [0.05, 0.1) is 11.0 Å². The van der Waals surface area contributed by atoms with Gasteiger partial charge < -0.3 is 14.7 Å². The van der Waals surface area contributed by atoms with Gasteiger partial charge in [-0.25, -0.2) is 4.98 Å². The molecule has 0 unspecified atom stereocenters. The number of aromatic nitrogens is 5. The first-order chi connectivity index (χ1) is 16.3. The number of fused-ring (bicyclic) bond motifs is 1. The van der Waals surface area contributed by atoms with E-state index in [1.165, 1.54) is 24.8 Å². The van der Waals surface area contributed by atoms with Gasteiger partial charge in [0.2, 0.25) is 11.8 Å². The van der Waals surface area contributed by atoms with Crippen molar-refractivity contribution in [3.8, 4) is 11.5 Å². The third-order valence-electron chi connectivity index (χ3n) is 6.78. The van der Waals surface area contributed by atoms with Crippen LogP contribution in [0.2, 0.25) is 0 Å². The number of nitrogens with one attached hydrogen (secondary N) is 2. The molecule has 1 aromatic carbocycles. The highest BCUT2D eigenvalue weighted by molar-refractivity contribution is 5.80. The predicted octanol–water partition coefficient (Wildman–Crippen LogP) is 3.35. The zero-order valence-corrected chi connectivity index (χ0v) is 18.8. The molecule has 2 N–H and O–H groups in total. The molecule has 8 heteroatoms. The quantitative estimate of drug-likeness (QED) is 0.452. The van der Waals surface area contributed by atoms with Crippen molar-refractivity contribution in [3.63, 3.8) is 0 Å². The lowest BCUT2D eigenvalue weighted by molar-refractivity contribution is 0.233. The molecule has 0 spiro atoms. The first kappa shape index (κ1) is 20.5. The van der Waals surface area contributed by atoms with Crippen LogP contribution in [0.5, 0.6) is 0 Å². The lowest BCUT2D eigenvalue weighted by Crippen LogP contribution is -2.42. The summed E-state index contributed by atoms with van der Waals surface area (Å²) >= 11 is 0. The summed E-state index contributed by atoms with van der Waals surface area (Å²) in [5.74, 6) is 2.93. The minimum absolute atomic E-state index is 0.574. The number of hydrogen-bond acceptors (Lipinski definition) is 7. The fourth-order valence-corrected chi connectivity index (χ4v) is 4.70. The van der Waals surface area contributed by atoms with Crippen molar-refractivity contribution in [1.29, 1.82) is 0 Å². The summed E-state index contributed by atoms with van der Waals surface area (Å²) in [6.45, 7) is 5.26. The maximum Gasteiger partial charge on any atom is 0.247 e. The predicted molar refractivity (Wildman–Crippen MR) is 126 cm³/mol. The average molecular weight is 444 g/mol. The van der Waals surface area contributed by atoms with Gasteiger partial charge in [0.1, 0.15) is 5.82 Å². The van der Waals surface area contributed by atoms with E-state index in [-0.39, 0.29) is 0 Å². The number of piperazine rings is 1. The van der Waals surface area contributed by atoms with E-state index in [0.717, 1.165) is 73.2 Å². The average Bonchev–Trinajstić information content (AvgIpc) is 3.43. The third kappa shape index (κ3) is 4.67. The lowest BCUT2D eigenvalue weighted by atomic mass is 9.83. The molecule has 4 aromatic rings. The molecule has 1 saturated heterocycles. The molecule has 3 aromatic heterocycles. The molecule has 0 atom stereocenters. The molecular formula is C25H29N7O. The van der Waals surface area contributed by atoms with E-state index in [2.05, 4.69) is 42.5 Å². The third-order valence-corrected chi connectivity index (χ3v) is 6.78. The lowest BCUT2D eigenvalue weighted by Gasteiger charge is -2.27. The normalized spacial score (nSPS) is 17.5. The molecular weight excluding hydrogens is 414 g/mol. The van der Waals surface area contributed by atoms with E-state index in [1.54, 1.807) is 0 Å². The molecule has 4 heterocycles. The van der Waals surface area contributed by atoms with Crippen LogP contribution in [0.1, 0.15) is 42.2 Å². The van der Waals surface area contributed by atoms with Crippen molar-refractivity contribution in [2.45, 2.75) is 38.6 Å². The Hall–Kier alpha value is -3.10. The van der Waals surface area contributed by atoms with E-state index in [1.807, 2.05) is 24.4 Å². The van der Waals surface area contributed by atoms with Gasteiger partial charge in [0.25, 0.3) is 0 Å². The van der Waals surface area contributed by atoms with E-state index in [9.17, 15) is 0 Å². The maximum absolute atomic E-state index is 5.93. The van der Waals surface area contributed by atoms with Gasteiger partial charge in [-0.15, -0.1) is 10.2 Å². The van der Waals surface area contributed by atoms with Crippen molar-refractivity contribution in [3.05, 3.63) is 59.5 Å². The van der Waals surface area contributed by atoms with Crippen LogP contribution in [0.3, 0.4) is 0 Å². The molecule has 0 amide bonds. The summed E-state index contributed by atoms with van der Waals surface area (Å²) in [7, 11) is 0. The van der Waals surface area contributed by atoms with Gasteiger partial charge in [-0.05, 0) is 54.7 Å². The Morgan fingerprint density at radius 3 is 2.82 bits per heavy atom. The van der Waals surface area contributed by atoms with E-state index < -0.39 is 0 Å². The van der Waals surface area contributed by atoms with Gasteiger partial charge in [-0.3, -0.25) is 9.88 Å². The van der Waals surface area contributed by atoms with Crippen LogP contribution in [0.15, 0.2) is 40.9 Å². The number of benzene rings is 1. The first-order valence-corrected chi connectivity index (χ1v) is 12.0. The molecule has 170 valence electrons. The monoisotopic (exact) mass is 443 g/mol. The van der Waals surface area contributed by atoms with Crippen LogP contribution < -0.4 is 5.32 Å². The number of nitrogens with zero attached hydrogens (tertiary/aromatic N) is 5. The number of imidazole rings is 1. The minimum atomic E-state index is 0.574. The molecule has 1 aliphatic heterocycles. The van der Waals surface area contributed by atoms with Crippen molar-refractivity contribution in [1.82, 2.24) is 35.4 Å². The van der Waals surface area contributed by atoms with Gasteiger partial charge >= 0.3 is 0 Å². The summed E-state index contributed by atoms with van der Waals surface area (Å²) < 4.78 is 5.93.